The molecule has 0 saturated heterocycles. The normalized spacial score (nSPS) is 10.9. The van der Waals surface area contributed by atoms with Gasteiger partial charge in [-0.05, 0) is 18.4 Å². The second kappa shape index (κ2) is 4.30. The summed E-state index contributed by atoms with van der Waals surface area (Å²) in [5.74, 6) is 0. The maximum atomic E-state index is 11.8. The van der Waals surface area contributed by atoms with Gasteiger partial charge in [0.1, 0.15) is 5.39 Å². The van der Waals surface area contributed by atoms with Crippen LogP contribution in [-0.2, 0) is 0 Å². The monoisotopic (exact) mass is 258 g/mol. The van der Waals surface area contributed by atoms with Gasteiger partial charge in [0.15, 0.2) is 10.8 Å². The van der Waals surface area contributed by atoms with Gasteiger partial charge >= 0.3 is 0 Å². The molecule has 1 N–H and O–H groups in total. The van der Waals surface area contributed by atoms with E-state index in [0.29, 0.717) is 16.2 Å². The molecule has 6 heteroatoms. The molecule has 0 aliphatic rings. The van der Waals surface area contributed by atoms with Crippen LogP contribution in [0.15, 0.2) is 46.5 Å². The van der Waals surface area contributed by atoms with Crippen molar-refractivity contribution >= 4 is 22.8 Å². The summed E-state index contributed by atoms with van der Waals surface area (Å²) in [5.41, 5.74) is 1.30. The molecule has 2 aromatic heterocycles. The van der Waals surface area contributed by atoms with Crippen LogP contribution in [0.3, 0.4) is 0 Å². The number of nitrogens with one attached hydrogen (secondary N) is 1. The molecule has 0 unspecified atom stereocenters. The predicted octanol–water partition coefficient (Wildman–Crippen LogP) is 1.83. The van der Waals surface area contributed by atoms with E-state index in [9.17, 15) is 4.79 Å². The molecule has 90 valence electrons. The van der Waals surface area contributed by atoms with E-state index in [0.717, 1.165) is 5.69 Å². The number of hydrogen-bond donors (Lipinski definition) is 1. The van der Waals surface area contributed by atoms with Crippen molar-refractivity contribution in [1.29, 1.82) is 0 Å². The van der Waals surface area contributed by atoms with E-state index in [1.165, 1.54) is 18.0 Å². The average Bonchev–Trinajstić information content (AvgIpc) is 2.84. The number of aromatic amines is 1. The topological polar surface area (TPSA) is 63.6 Å². The number of hydrogen-bond acceptors (Lipinski definition) is 4. The molecule has 0 fully saturated rings. The maximum Gasteiger partial charge on any atom is 0.262 e. The van der Waals surface area contributed by atoms with Crippen LogP contribution in [0.4, 0.5) is 0 Å². The molecule has 0 bridgehead atoms. The van der Waals surface area contributed by atoms with Crippen LogP contribution in [0.2, 0.25) is 0 Å². The molecule has 0 aliphatic heterocycles. The second-order valence-corrected chi connectivity index (χ2v) is 4.50. The first kappa shape index (κ1) is 11.0. The Hall–Kier alpha value is -2.08. The van der Waals surface area contributed by atoms with Crippen molar-refractivity contribution < 1.29 is 0 Å². The Labute approximate surface area is 107 Å². The minimum absolute atomic E-state index is 0.161. The van der Waals surface area contributed by atoms with Gasteiger partial charge in [0.05, 0.1) is 11.9 Å². The van der Waals surface area contributed by atoms with E-state index in [4.69, 9.17) is 0 Å². The largest absolute Gasteiger partial charge is 0.301 e. The van der Waals surface area contributed by atoms with Crippen molar-refractivity contribution in [3.63, 3.8) is 0 Å². The fourth-order valence-electron chi connectivity index (χ4n) is 1.75. The molecule has 5 nitrogen and oxygen atoms in total. The van der Waals surface area contributed by atoms with Gasteiger partial charge in [-0.15, -0.1) is 0 Å². The third-order valence-electron chi connectivity index (χ3n) is 2.61. The van der Waals surface area contributed by atoms with Crippen LogP contribution in [0.1, 0.15) is 0 Å². The third-order valence-corrected chi connectivity index (χ3v) is 3.19. The third kappa shape index (κ3) is 1.70. The van der Waals surface area contributed by atoms with E-state index < -0.39 is 0 Å². The van der Waals surface area contributed by atoms with Crippen molar-refractivity contribution in [2.45, 2.75) is 5.16 Å². The van der Waals surface area contributed by atoms with Gasteiger partial charge in [0.25, 0.3) is 5.56 Å². The predicted molar refractivity (Wildman–Crippen MR) is 71.3 cm³/mol. The number of benzene rings is 1. The van der Waals surface area contributed by atoms with Gasteiger partial charge in [0.2, 0.25) is 0 Å². The molecule has 0 atom stereocenters. The Morgan fingerprint density at radius 2 is 2.06 bits per heavy atom. The van der Waals surface area contributed by atoms with E-state index in [1.54, 1.807) is 4.68 Å². The van der Waals surface area contributed by atoms with Crippen molar-refractivity contribution in [2.24, 2.45) is 0 Å². The van der Waals surface area contributed by atoms with Crippen molar-refractivity contribution in [2.75, 3.05) is 6.26 Å². The first-order chi connectivity index (χ1) is 8.79. The zero-order valence-corrected chi connectivity index (χ0v) is 10.4. The second-order valence-electron chi connectivity index (χ2n) is 3.70. The number of H-pyrrole nitrogens is 1. The highest BCUT2D eigenvalue weighted by atomic mass is 32.2. The Balaban J connectivity index is 2.32. The van der Waals surface area contributed by atoms with Crippen molar-refractivity contribution in [1.82, 2.24) is 19.7 Å². The van der Waals surface area contributed by atoms with Gasteiger partial charge in [0, 0.05) is 0 Å². The van der Waals surface area contributed by atoms with E-state index >= 15 is 0 Å². The Morgan fingerprint density at radius 3 is 2.78 bits per heavy atom. The molecule has 0 saturated carbocycles. The quantitative estimate of drug-likeness (QED) is 0.562. The van der Waals surface area contributed by atoms with Gasteiger partial charge in [-0.1, -0.05) is 30.0 Å². The summed E-state index contributed by atoms with van der Waals surface area (Å²) in [6.45, 7) is 0. The van der Waals surface area contributed by atoms with Crippen LogP contribution in [0, 0.1) is 0 Å². The van der Waals surface area contributed by atoms with Crippen molar-refractivity contribution in [3.8, 4) is 5.69 Å². The van der Waals surface area contributed by atoms with Crippen molar-refractivity contribution in [3.05, 3.63) is 46.9 Å². The Morgan fingerprint density at radius 1 is 1.28 bits per heavy atom. The Kier molecular flexibility index (Phi) is 2.64. The summed E-state index contributed by atoms with van der Waals surface area (Å²) in [7, 11) is 0. The zero-order chi connectivity index (χ0) is 12.5. The lowest BCUT2D eigenvalue weighted by Gasteiger charge is -2.02. The molecule has 0 spiro atoms. The maximum absolute atomic E-state index is 11.8. The first-order valence-electron chi connectivity index (χ1n) is 5.37. The van der Waals surface area contributed by atoms with Gasteiger partial charge in [-0.2, -0.15) is 5.10 Å². The standard InChI is InChI=1S/C12H10N4OS/c1-18-12-14-10-9(11(17)15-12)7-13-16(10)8-5-3-2-4-6-8/h2-7H,1H3,(H,14,15,17). The summed E-state index contributed by atoms with van der Waals surface area (Å²) in [6, 6.07) is 9.63. The highest BCUT2D eigenvalue weighted by molar-refractivity contribution is 7.98. The molecule has 18 heavy (non-hydrogen) atoms. The van der Waals surface area contributed by atoms with Gasteiger partial charge < -0.3 is 4.98 Å². The van der Waals surface area contributed by atoms with Crippen LogP contribution in [0.5, 0.6) is 0 Å². The van der Waals surface area contributed by atoms with Crippen LogP contribution < -0.4 is 5.56 Å². The highest BCUT2D eigenvalue weighted by Crippen LogP contribution is 2.15. The first-order valence-corrected chi connectivity index (χ1v) is 6.59. The average molecular weight is 258 g/mol. The zero-order valence-electron chi connectivity index (χ0n) is 9.62. The molecule has 0 radical (unpaired) electrons. The summed E-state index contributed by atoms with van der Waals surface area (Å²) >= 11 is 1.40. The summed E-state index contributed by atoms with van der Waals surface area (Å²) in [6.07, 6.45) is 3.41. The number of aromatic nitrogens is 4. The molecular formula is C12H10N4OS. The van der Waals surface area contributed by atoms with Crippen LogP contribution >= 0.6 is 11.8 Å². The minimum Gasteiger partial charge on any atom is -0.301 e. The molecule has 2 heterocycles. The van der Waals surface area contributed by atoms with Crippen LogP contribution in [-0.4, -0.2) is 26.0 Å². The molecular weight excluding hydrogens is 248 g/mol. The summed E-state index contributed by atoms with van der Waals surface area (Å²) in [5, 5.41) is 5.31. The molecule has 0 aliphatic carbocycles. The lowest BCUT2D eigenvalue weighted by atomic mass is 10.3. The van der Waals surface area contributed by atoms with E-state index in [-0.39, 0.29) is 5.56 Å². The van der Waals surface area contributed by atoms with Gasteiger partial charge in [-0.3, -0.25) is 4.79 Å². The van der Waals surface area contributed by atoms with E-state index in [1.807, 2.05) is 36.6 Å². The highest BCUT2D eigenvalue weighted by Gasteiger charge is 2.10. The van der Waals surface area contributed by atoms with E-state index in [2.05, 4.69) is 15.1 Å². The number of nitrogens with zero attached hydrogens (tertiary/aromatic N) is 3. The summed E-state index contributed by atoms with van der Waals surface area (Å²) in [4.78, 5) is 18.9. The number of para-hydroxylation sites is 1. The smallest absolute Gasteiger partial charge is 0.262 e. The van der Waals surface area contributed by atoms with Gasteiger partial charge in [-0.25, -0.2) is 9.67 Å². The number of fused-ring (bicyclic) bond motifs is 1. The fourth-order valence-corrected chi connectivity index (χ4v) is 2.13. The number of rotatable bonds is 2. The fraction of sp³-hybridized carbons (Fsp3) is 0.0833. The minimum atomic E-state index is -0.161. The molecule has 1 aromatic carbocycles. The lowest BCUT2D eigenvalue weighted by molar-refractivity contribution is 0.873. The van der Waals surface area contributed by atoms with Crippen LogP contribution in [0.25, 0.3) is 16.7 Å². The Bertz CT molecular complexity index is 748. The SMILES string of the molecule is CSc1nc2c(cnn2-c2ccccc2)c(=O)[nH]1. The molecule has 0 amide bonds. The summed E-state index contributed by atoms with van der Waals surface area (Å²) < 4.78 is 1.67. The number of thioether (sulfide) groups is 1. The molecule has 3 rings (SSSR count). The molecule has 3 aromatic rings. The lowest BCUT2D eigenvalue weighted by Crippen LogP contribution is -2.09.